The van der Waals surface area contributed by atoms with Gasteiger partial charge in [-0.1, -0.05) is 65.7 Å². The Bertz CT molecular complexity index is 2480. The zero-order chi connectivity index (χ0) is 61.4. The third-order valence-electron chi connectivity index (χ3n) is 15.6. The molecule has 0 spiro atoms. The monoisotopic (exact) mass is 1180 g/mol. The van der Waals surface area contributed by atoms with Crippen molar-refractivity contribution in [2.45, 2.75) is 162 Å². The van der Waals surface area contributed by atoms with Gasteiger partial charge in [0.1, 0.15) is 23.7 Å². The fourth-order valence-electron chi connectivity index (χ4n) is 10.5. The predicted molar refractivity (Wildman–Crippen MR) is 316 cm³/mol. The maximum atomic E-state index is 14.2. The van der Waals surface area contributed by atoms with E-state index in [-0.39, 0.29) is 80.5 Å². The molecule has 0 aliphatic carbocycles. The van der Waals surface area contributed by atoms with Gasteiger partial charge in [-0.2, -0.15) is 0 Å². The Morgan fingerprint density at radius 3 is 2.25 bits per heavy atom. The second-order valence-corrected chi connectivity index (χ2v) is 23.7. The number of likely N-dealkylation sites (N-methyl/N-ethyl adjacent to an activating group) is 1. The Morgan fingerprint density at radius 1 is 0.916 bits per heavy atom. The van der Waals surface area contributed by atoms with Gasteiger partial charge in [0, 0.05) is 84.3 Å². The number of methoxy groups -OCH3 is 2. The van der Waals surface area contributed by atoms with Gasteiger partial charge in [0.2, 0.25) is 47.3 Å². The van der Waals surface area contributed by atoms with Crippen molar-refractivity contribution in [1.82, 2.24) is 45.9 Å². The Hall–Kier alpha value is -6.50. The molecule has 1 aromatic carbocycles. The molecule has 1 aromatic heterocycles. The maximum Gasteiger partial charge on any atom is 0.409 e. The van der Waals surface area contributed by atoms with Crippen LogP contribution in [0.25, 0.3) is 0 Å². The molecule has 23 nitrogen and oxygen atoms in total. The first-order chi connectivity index (χ1) is 39.5. The average Bonchev–Trinajstić information content (AvgIpc) is 4.30. The molecule has 2 aliphatic heterocycles. The quantitative estimate of drug-likeness (QED) is 0.0524. The van der Waals surface area contributed by atoms with Crippen LogP contribution in [0.4, 0.5) is 10.5 Å². The van der Waals surface area contributed by atoms with E-state index in [2.05, 4.69) is 31.6 Å². The molecule has 83 heavy (non-hydrogen) atoms. The summed E-state index contributed by atoms with van der Waals surface area (Å²) in [6.45, 7) is 14.5. The second-order valence-electron chi connectivity index (χ2n) is 22.7. The Labute approximate surface area is 494 Å². The van der Waals surface area contributed by atoms with Crippen molar-refractivity contribution in [2.24, 2.45) is 28.9 Å². The number of carbonyl (C=O) groups excluding carboxylic acids is 9. The van der Waals surface area contributed by atoms with Gasteiger partial charge in [-0.15, -0.1) is 11.3 Å². The summed E-state index contributed by atoms with van der Waals surface area (Å²) in [7, 11) is 6.19. The van der Waals surface area contributed by atoms with Gasteiger partial charge < -0.3 is 66.1 Å². The molecular formula is C59H93N11O12S. The number of nitrogens with one attached hydrogen (secondary N) is 5. The first-order valence-electron chi connectivity index (χ1n) is 29.0. The third kappa shape index (κ3) is 21.3. The first-order valence-corrected chi connectivity index (χ1v) is 29.9. The molecule has 8 atom stereocenters. The number of thiazole rings is 1. The lowest BCUT2D eigenvalue weighted by atomic mass is 9.90. The van der Waals surface area contributed by atoms with Crippen LogP contribution in [0.3, 0.4) is 0 Å². The number of hydrogen-bond donors (Lipinski definition) is 6. The maximum absolute atomic E-state index is 14.2. The molecule has 3 heterocycles. The van der Waals surface area contributed by atoms with Crippen LogP contribution in [0.2, 0.25) is 0 Å². The van der Waals surface area contributed by atoms with Gasteiger partial charge in [-0.05, 0) is 88.4 Å². The van der Waals surface area contributed by atoms with E-state index in [1.807, 2.05) is 39.2 Å². The van der Waals surface area contributed by atoms with Crippen molar-refractivity contribution >= 4 is 70.4 Å². The highest BCUT2D eigenvalue weighted by Crippen LogP contribution is 2.30. The normalized spacial score (nSPS) is 16.7. The van der Waals surface area contributed by atoms with Crippen molar-refractivity contribution in [3.05, 3.63) is 58.6 Å². The molecule has 0 bridgehead atoms. The van der Waals surface area contributed by atoms with Crippen molar-refractivity contribution in [1.29, 1.82) is 0 Å². The van der Waals surface area contributed by atoms with Gasteiger partial charge in [0.15, 0.2) is 0 Å². The minimum Gasteiger partial charge on any atom is -0.445 e. The third-order valence-corrected chi connectivity index (χ3v) is 16.3. The smallest absolute Gasteiger partial charge is 0.409 e. The van der Waals surface area contributed by atoms with Crippen molar-refractivity contribution in [3.8, 4) is 0 Å². The Morgan fingerprint density at radius 2 is 1.64 bits per heavy atom. The van der Waals surface area contributed by atoms with Crippen LogP contribution in [-0.4, -0.2) is 182 Å². The number of rotatable bonds is 35. The molecule has 1 saturated heterocycles. The van der Waals surface area contributed by atoms with E-state index >= 15 is 0 Å². The number of ether oxygens (including phenoxy) is 3. The number of hydrogen-bond acceptors (Lipinski definition) is 15. The van der Waals surface area contributed by atoms with Crippen LogP contribution < -0.4 is 32.3 Å². The van der Waals surface area contributed by atoms with Crippen molar-refractivity contribution < 1.29 is 57.4 Å². The number of nitrogens with zero attached hydrogens (tertiary/aromatic N) is 5. The highest BCUT2D eigenvalue weighted by molar-refractivity contribution is 7.09. The van der Waals surface area contributed by atoms with E-state index in [1.165, 1.54) is 35.3 Å². The molecule has 0 radical (unpaired) electrons. The fraction of sp³-hybridized carbons (Fsp3) is 0.661. The summed E-state index contributed by atoms with van der Waals surface area (Å²) in [6, 6.07) is 3.91. The Balaban J connectivity index is 1.24. The van der Waals surface area contributed by atoms with E-state index in [4.69, 9.17) is 19.9 Å². The van der Waals surface area contributed by atoms with Gasteiger partial charge >= 0.3 is 6.09 Å². The molecule has 9 amide bonds. The lowest BCUT2D eigenvalue weighted by Gasteiger charge is -2.39. The van der Waals surface area contributed by atoms with Gasteiger partial charge in [0.25, 0.3) is 0 Å². The number of benzene rings is 1. The summed E-state index contributed by atoms with van der Waals surface area (Å²) in [5.74, 6) is -3.42. The van der Waals surface area contributed by atoms with Crippen LogP contribution in [-0.2, 0) is 65.7 Å². The summed E-state index contributed by atoms with van der Waals surface area (Å²) in [6.07, 6.45) is 8.20. The van der Waals surface area contributed by atoms with E-state index in [1.54, 1.807) is 81.3 Å². The van der Waals surface area contributed by atoms with E-state index < -0.39 is 71.4 Å². The summed E-state index contributed by atoms with van der Waals surface area (Å²) in [4.78, 5) is 130. The van der Waals surface area contributed by atoms with Crippen LogP contribution in [0.15, 0.2) is 48.0 Å². The average molecular weight is 1180 g/mol. The minimum atomic E-state index is -1.16. The zero-order valence-corrected chi connectivity index (χ0v) is 51.5. The number of carbonyl (C=O) groups is 9. The molecule has 0 saturated carbocycles. The summed E-state index contributed by atoms with van der Waals surface area (Å²) in [5.41, 5.74) is 5.66. The number of aromatic nitrogens is 1. The highest BCUT2D eigenvalue weighted by Gasteiger charge is 2.42. The van der Waals surface area contributed by atoms with Gasteiger partial charge in [0.05, 0.1) is 55.1 Å². The zero-order valence-electron chi connectivity index (χ0n) is 50.7. The highest BCUT2D eigenvalue weighted by atomic mass is 32.1. The van der Waals surface area contributed by atoms with Gasteiger partial charge in [-0.25, -0.2) is 9.78 Å². The number of nitrogens with two attached hydrogens (primary N) is 1. The molecule has 24 heteroatoms. The second kappa shape index (κ2) is 34.3. The van der Waals surface area contributed by atoms with Crippen molar-refractivity contribution in [2.75, 3.05) is 72.9 Å². The SMILES string of the molecule is CCC(C)C(C(CC(=O)N1CCCC1C(OC)C(C)C(=O)NCc1nccs1)OC)N(C)C(=O)CNC(=O)C(C)(C)CN(C)C(=O)OCc1ccc(NC(=O)C(CCCN)NC(=O)C(NC(=O)CCCCCN2CC=CC2=O)C(C)C)cc1. The summed E-state index contributed by atoms with van der Waals surface area (Å²) in [5, 5.41) is 16.8. The largest absolute Gasteiger partial charge is 0.445 e. The van der Waals surface area contributed by atoms with E-state index in [0.717, 1.165) is 24.3 Å². The molecule has 2 aliphatic rings. The predicted octanol–water partition coefficient (Wildman–Crippen LogP) is 4.35. The van der Waals surface area contributed by atoms with Gasteiger partial charge in [-0.3, -0.25) is 38.4 Å². The van der Waals surface area contributed by atoms with Crippen LogP contribution in [0.1, 0.15) is 123 Å². The summed E-state index contributed by atoms with van der Waals surface area (Å²) >= 11 is 1.45. The molecule has 4 rings (SSSR count). The molecule has 2 aromatic rings. The molecule has 462 valence electrons. The molecule has 7 N–H and O–H groups in total. The van der Waals surface area contributed by atoms with E-state index in [9.17, 15) is 43.2 Å². The summed E-state index contributed by atoms with van der Waals surface area (Å²) < 4.78 is 17.4. The van der Waals surface area contributed by atoms with E-state index in [0.29, 0.717) is 69.7 Å². The number of unbranched alkanes of at least 4 members (excludes halogenated alkanes) is 2. The van der Waals surface area contributed by atoms with Crippen molar-refractivity contribution in [3.63, 3.8) is 0 Å². The lowest BCUT2D eigenvalue weighted by molar-refractivity contribution is -0.146. The first kappa shape index (κ1) is 69.0. The molecule has 8 unspecified atom stereocenters. The number of amides is 9. The van der Waals surface area contributed by atoms with Crippen LogP contribution in [0, 0.1) is 23.2 Å². The molecule has 1 fully saturated rings. The standard InChI is InChI=1S/C59H93N11O12S/c1-12-39(4)52(45(80-10)33-49(73)70-31-17-20-44(70)53(81-11)40(5)54(75)62-34-47-61-28-32-83-47)68(9)50(74)35-63-57(78)59(6,7)37-67(8)58(79)82-36-41-23-25-42(26-24-41)64-55(76)43(19-16-27-60)65-56(77)51(38(2)3)66-46(71)21-14-13-15-29-69-30-18-22-48(69)72/h18,22-26,28,32,38-40,43-45,51-53H,12-17,19-21,27,29-31,33-37,60H2,1-11H3,(H,62,75)(H,63,78)(H,64,76)(H,65,77)(H,66,71). The van der Waals surface area contributed by atoms with Crippen LogP contribution in [0.5, 0.6) is 0 Å². The topological polar surface area (TPSA) is 293 Å². The fourth-order valence-corrected chi connectivity index (χ4v) is 11.0. The molecular weight excluding hydrogens is 1090 g/mol. The minimum absolute atomic E-state index is 0.00270. The Kier molecular flexibility index (Phi) is 28.5. The number of likely N-dealkylation sites (tertiary alicyclic amines) is 1. The lowest BCUT2D eigenvalue weighted by Crippen LogP contribution is -2.55. The van der Waals surface area contributed by atoms with Crippen LogP contribution >= 0.6 is 11.3 Å². The number of anilines is 1.